The number of nitrogens with two attached hydrogens (primary N) is 3. The molecule has 10 rings (SSSR count). The van der Waals surface area contributed by atoms with Crippen molar-refractivity contribution in [1.29, 1.82) is 0 Å². The molecule has 5 aromatic carbocycles. The first-order valence-electron chi connectivity index (χ1n) is 33.9. The van der Waals surface area contributed by atoms with Crippen molar-refractivity contribution in [2.24, 2.45) is 28.3 Å². The number of hydrogen-bond donors (Lipinski definition) is 11. The molecule has 1 aliphatic rings. The molecular formula is C74H79ClN14O16S2. The summed E-state index contributed by atoms with van der Waals surface area (Å²) in [6.07, 6.45) is 1.99. The number of carbonyl (C=O) groups is 10. The van der Waals surface area contributed by atoms with Gasteiger partial charge in [0.15, 0.2) is 28.7 Å². The molecule has 3 amide bonds. The number of ketones is 4. The monoisotopic (exact) mass is 1520 g/mol. The number of anilines is 3. The van der Waals surface area contributed by atoms with Gasteiger partial charge in [0.1, 0.15) is 23.0 Å². The summed E-state index contributed by atoms with van der Waals surface area (Å²) in [6.45, 7) is 6.03. The molecule has 14 N–H and O–H groups in total. The van der Waals surface area contributed by atoms with Gasteiger partial charge in [-0.15, -0.1) is 11.6 Å². The highest BCUT2D eigenvalue weighted by Crippen LogP contribution is 2.46. The van der Waals surface area contributed by atoms with Crippen molar-refractivity contribution in [3.63, 3.8) is 0 Å². The normalized spacial score (nSPS) is 13.0. The predicted octanol–water partition coefficient (Wildman–Crippen LogP) is 8.14. The van der Waals surface area contributed by atoms with E-state index in [2.05, 4.69) is 50.8 Å². The third-order valence-corrected chi connectivity index (χ3v) is 20.0. The fourth-order valence-electron chi connectivity index (χ4n) is 12.0. The van der Waals surface area contributed by atoms with Crippen molar-refractivity contribution >= 4 is 165 Å². The molecule has 5 heterocycles. The van der Waals surface area contributed by atoms with Gasteiger partial charge in [-0.2, -0.15) is 14.6 Å². The largest absolute Gasteiger partial charge is 0.481 e. The number of hydrogen-bond acceptors (Lipinski definition) is 22. The molecule has 0 aliphatic carbocycles. The summed E-state index contributed by atoms with van der Waals surface area (Å²) in [5, 5.41) is 30.8. The van der Waals surface area contributed by atoms with Gasteiger partial charge in [0.05, 0.1) is 48.2 Å². The average Bonchev–Trinajstić information content (AvgIpc) is 1.61. The molecule has 0 spiro atoms. The molecule has 0 bridgehead atoms. The third-order valence-electron chi connectivity index (χ3n) is 17.1. The standard InChI is InChI=1S/C38H32ClN3O5.C35H47N11O9S2.CO2/c1-3-27(44)14-22-8-10-30-24(12-22)16-32(40-30)35(45)15-23-9-11-31-25(13-23)17-33(41-31)38(46)42-20-26(19-39)37-29-7-5-4-6-28(29)36(18-34(37)42)47-21(2)43;1-2-56-57-18-21(33(54)55)14-26(48)25(15-27(49)50)44-31(52)20(5-3-12-40-34(36)37)13-24(47)6-4-11-39-30(51)19-7-9-22(10-8-19)41-16-23-17-42-29-28(43-23)32(53)46-35(38)45-29;2-1-3/h4-13,16-18,26,40-41H,3,14-15,19-20H2,1-2H3;7-10,17,20-21,25,41H,2-6,11-16,18H2,1H3,(H,39,51)(H,44,52)(H,49,50)(H,54,55)(H4,36,37,40)(H3,38,42,45,46,53);/t;20-,21+,25+;/m.1./s1. The summed E-state index contributed by atoms with van der Waals surface area (Å²) in [6, 6.07) is 29.6. The average molecular weight is 1520 g/mol. The molecule has 30 nitrogen and oxygen atoms in total. The second-order valence-corrected chi connectivity index (χ2v) is 28.0. The maximum absolute atomic E-state index is 14.0. The van der Waals surface area contributed by atoms with Crippen LogP contribution in [0.2, 0.25) is 0 Å². The number of aliphatic carboxylic acids is 2. The molecule has 560 valence electrons. The number of aromatic nitrogens is 6. The summed E-state index contributed by atoms with van der Waals surface area (Å²) in [5.41, 5.74) is 23.4. The maximum atomic E-state index is 14.0. The van der Waals surface area contributed by atoms with Crippen molar-refractivity contribution in [2.75, 3.05) is 53.0 Å². The number of nitrogen functional groups attached to an aromatic ring is 1. The van der Waals surface area contributed by atoms with Gasteiger partial charge in [0.2, 0.25) is 11.9 Å². The molecule has 33 heteroatoms. The Kier molecular flexibility index (Phi) is 29.5. The van der Waals surface area contributed by atoms with Gasteiger partial charge in [-0.25, -0.2) is 9.97 Å². The van der Waals surface area contributed by atoms with Crippen LogP contribution in [0, 0.1) is 11.8 Å². The van der Waals surface area contributed by atoms with Crippen LogP contribution in [-0.4, -0.2) is 154 Å². The molecule has 0 fully saturated rings. The number of carboxylic acid groups (broad SMARTS) is 2. The van der Waals surface area contributed by atoms with E-state index in [4.69, 9.17) is 43.1 Å². The van der Waals surface area contributed by atoms with Gasteiger partial charge in [-0.1, -0.05) is 71.8 Å². The Bertz CT molecular complexity index is 4940. The van der Waals surface area contributed by atoms with Crippen LogP contribution in [0.4, 0.5) is 17.3 Å². The minimum absolute atomic E-state index is 0.0129. The van der Waals surface area contributed by atoms with Crippen LogP contribution < -0.4 is 48.3 Å². The number of aliphatic imine (C=N–C) groups is 1. The van der Waals surface area contributed by atoms with Gasteiger partial charge >= 0.3 is 24.1 Å². The first-order chi connectivity index (χ1) is 51.3. The third kappa shape index (κ3) is 22.7. The maximum Gasteiger partial charge on any atom is 0.373 e. The summed E-state index contributed by atoms with van der Waals surface area (Å²) in [4.78, 5) is 182. The lowest BCUT2D eigenvalue weighted by Gasteiger charge is -2.22. The van der Waals surface area contributed by atoms with Crippen molar-refractivity contribution in [1.82, 2.24) is 40.5 Å². The highest BCUT2D eigenvalue weighted by molar-refractivity contribution is 8.76. The number of Topliss-reactive ketones (excluding diaryl/α,β-unsaturated/α-hetero) is 4. The first kappa shape index (κ1) is 81.1. The number of H-pyrrole nitrogens is 3. The van der Waals surface area contributed by atoms with Crippen molar-refractivity contribution in [3.8, 4) is 5.75 Å². The summed E-state index contributed by atoms with van der Waals surface area (Å²) < 4.78 is 5.56. The zero-order valence-corrected chi connectivity index (χ0v) is 60.9. The second kappa shape index (κ2) is 39.0. The molecule has 1 aliphatic heterocycles. The lowest BCUT2D eigenvalue weighted by atomic mass is 9.92. The zero-order valence-electron chi connectivity index (χ0n) is 58.5. The van der Waals surface area contributed by atoms with Crippen molar-refractivity contribution in [3.05, 3.63) is 159 Å². The molecule has 9 aromatic rings. The van der Waals surface area contributed by atoms with Crippen LogP contribution in [0.5, 0.6) is 5.75 Å². The lowest BCUT2D eigenvalue weighted by Crippen LogP contribution is -2.46. The van der Waals surface area contributed by atoms with E-state index < -0.39 is 65.9 Å². The zero-order chi connectivity index (χ0) is 77.4. The Morgan fingerprint density at radius 3 is 2.11 bits per heavy atom. The van der Waals surface area contributed by atoms with E-state index in [0.717, 1.165) is 55.0 Å². The molecule has 0 saturated heterocycles. The summed E-state index contributed by atoms with van der Waals surface area (Å²) >= 11 is 6.42. The number of carbonyl (C=O) groups excluding carboxylic acids is 10. The number of ether oxygens (including phenoxy) is 1. The van der Waals surface area contributed by atoms with E-state index in [9.17, 15) is 63.0 Å². The highest BCUT2D eigenvalue weighted by atomic mass is 35.5. The van der Waals surface area contributed by atoms with Crippen LogP contribution in [-0.2, 0) is 62.5 Å². The number of halogens is 1. The van der Waals surface area contributed by atoms with Crippen LogP contribution >= 0.6 is 33.2 Å². The van der Waals surface area contributed by atoms with Crippen LogP contribution in [0.3, 0.4) is 0 Å². The smallest absolute Gasteiger partial charge is 0.373 e. The minimum Gasteiger partial charge on any atom is -0.481 e. The molecule has 0 saturated carbocycles. The minimum atomic E-state index is -1.50. The Morgan fingerprint density at radius 2 is 1.47 bits per heavy atom. The quantitative estimate of drug-likeness (QED) is 0.00261. The van der Waals surface area contributed by atoms with Gasteiger partial charge in [-0.05, 0) is 102 Å². The fourth-order valence-corrected chi connectivity index (χ4v) is 14.2. The molecule has 4 atom stereocenters. The number of aromatic amines is 3. The fraction of sp³-hybridized carbons (Fsp3) is 0.324. The Labute approximate surface area is 624 Å². The van der Waals surface area contributed by atoms with E-state index in [1.807, 2.05) is 80.6 Å². The molecular weight excluding hydrogens is 1440 g/mol. The van der Waals surface area contributed by atoms with Gasteiger partial charge in [0.25, 0.3) is 17.4 Å². The number of rotatable bonds is 35. The number of alkyl halides is 1. The SMILES string of the molecule is CCC(=O)Cc1ccc2[nH]c(C(=O)Cc3ccc4[nH]c(C(=O)N5CC(CCl)c6c5cc(OC(C)=O)c5ccccc65)cc4c3)cc2c1.CCSSC[C@H](CC(=O)[C@H](CC(=O)O)NC(=O)[C@H](CCCN=C(N)N)CC(=O)CCCNC(=O)c1ccc(NCc2cnc3nc(N)[nH]c(=O)c3n2)cc1)C(=O)O.O=C=O. The van der Waals surface area contributed by atoms with E-state index in [-0.39, 0.29) is 122 Å². The Morgan fingerprint density at radius 1 is 0.794 bits per heavy atom. The summed E-state index contributed by atoms with van der Waals surface area (Å²) in [5.74, 6) is -6.09. The first-order valence-corrected chi connectivity index (χ1v) is 36.9. The van der Waals surface area contributed by atoms with Crippen molar-refractivity contribution in [2.45, 2.75) is 103 Å². The van der Waals surface area contributed by atoms with E-state index in [1.165, 1.54) is 34.7 Å². The number of amides is 3. The Hall–Kier alpha value is -11.6. The van der Waals surface area contributed by atoms with Gasteiger partial charge in [0, 0.05) is 139 Å². The number of fused-ring (bicyclic) bond motifs is 6. The number of guanidine groups is 1. The second-order valence-electron chi connectivity index (χ2n) is 24.9. The lowest BCUT2D eigenvalue weighted by molar-refractivity contribution is -0.192. The number of nitrogens with zero attached hydrogens (tertiary/aromatic N) is 5. The van der Waals surface area contributed by atoms with Crippen molar-refractivity contribution < 1.29 is 72.5 Å². The predicted molar refractivity (Wildman–Crippen MR) is 405 cm³/mol. The number of benzene rings is 5. The van der Waals surface area contributed by atoms with Crippen LogP contribution in [0.15, 0.2) is 119 Å². The Balaban J connectivity index is 0.000000264. The van der Waals surface area contributed by atoms with E-state index in [0.29, 0.717) is 71.5 Å². The van der Waals surface area contributed by atoms with Gasteiger partial charge < -0.3 is 63.0 Å². The number of carboxylic acids is 2. The van der Waals surface area contributed by atoms with E-state index in [1.54, 1.807) is 41.3 Å². The molecule has 1 unspecified atom stereocenters. The van der Waals surface area contributed by atoms with Crippen LogP contribution in [0.1, 0.15) is 132 Å². The topological polar surface area (TPSA) is 487 Å². The summed E-state index contributed by atoms with van der Waals surface area (Å²) in [7, 11) is 2.71. The van der Waals surface area contributed by atoms with E-state index >= 15 is 0 Å². The molecule has 107 heavy (non-hydrogen) atoms. The molecule has 4 aromatic heterocycles. The molecule has 0 radical (unpaired) electrons. The highest BCUT2D eigenvalue weighted by Gasteiger charge is 2.37. The van der Waals surface area contributed by atoms with Gasteiger partial charge in [-0.3, -0.25) is 62.7 Å². The number of nitrogens with one attached hydrogen (secondary N) is 6. The van der Waals surface area contributed by atoms with Crippen LogP contribution in [0.25, 0.3) is 43.7 Å². The number of esters is 1.